The zero-order valence-corrected chi connectivity index (χ0v) is 5.09. The lowest BCUT2D eigenvalue weighted by Gasteiger charge is -1.85. The van der Waals surface area contributed by atoms with Gasteiger partial charge in [-0.2, -0.15) is 0 Å². The van der Waals surface area contributed by atoms with Gasteiger partial charge in [-0.15, -0.1) is 0 Å². The van der Waals surface area contributed by atoms with Crippen LogP contribution in [-0.4, -0.2) is 13.4 Å². The van der Waals surface area contributed by atoms with E-state index in [1.54, 1.807) is 0 Å². The zero-order valence-electron chi connectivity index (χ0n) is 5.09. The second-order valence-corrected chi connectivity index (χ2v) is 1.29. The zero-order chi connectivity index (χ0) is 6.41. The van der Waals surface area contributed by atoms with E-state index in [0.29, 0.717) is 5.82 Å². The van der Waals surface area contributed by atoms with Crippen molar-refractivity contribution in [3.8, 4) is 0 Å². The van der Waals surface area contributed by atoms with Crippen molar-refractivity contribution < 1.29 is 0 Å². The third-order valence-corrected chi connectivity index (χ3v) is 0.711. The molecule has 0 fully saturated rings. The van der Waals surface area contributed by atoms with Crippen LogP contribution in [0.3, 0.4) is 0 Å². The standard InChI is InChI=1S/C6H10N2/c1-4-5-6(7-2)8-3/h5H,2-4H2,1H3. The second-order valence-electron chi connectivity index (χ2n) is 1.29. The molecule has 0 atom stereocenters. The van der Waals surface area contributed by atoms with Crippen LogP contribution in [0.5, 0.6) is 0 Å². The number of aliphatic imine (C=N–C) groups is 2. The minimum atomic E-state index is 0.618. The molecule has 0 saturated carbocycles. The number of hydrogen-bond donors (Lipinski definition) is 0. The van der Waals surface area contributed by atoms with Crippen LogP contribution in [0.1, 0.15) is 13.3 Å². The molecule has 2 nitrogen and oxygen atoms in total. The Morgan fingerprint density at radius 1 is 1.50 bits per heavy atom. The molecule has 44 valence electrons. The van der Waals surface area contributed by atoms with Crippen LogP contribution in [0.2, 0.25) is 0 Å². The van der Waals surface area contributed by atoms with E-state index in [0.717, 1.165) is 6.42 Å². The van der Waals surface area contributed by atoms with Crippen LogP contribution in [-0.2, 0) is 0 Å². The van der Waals surface area contributed by atoms with Crippen molar-refractivity contribution >= 4 is 13.4 Å². The largest absolute Gasteiger partial charge is 0.245 e. The maximum absolute atomic E-state index is 3.58. The third-order valence-electron chi connectivity index (χ3n) is 0.711. The van der Waals surface area contributed by atoms with Crippen LogP contribution < -0.4 is 0 Å². The summed E-state index contributed by atoms with van der Waals surface area (Å²) in [6.45, 7) is 8.61. The highest BCUT2D eigenvalue weighted by atomic mass is 14.9. The summed E-state index contributed by atoms with van der Waals surface area (Å²) in [5.74, 6) is 0.618. The molecule has 0 aliphatic heterocycles. The van der Waals surface area contributed by atoms with Gasteiger partial charge >= 0.3 is 0 Å². The van der Waals surface area contributed by atoms with E-state index < -0.39 is 0 Å². The minimum absolute atomic E-state index is 0.618. The Hall–Kier alpha value is -0.920. The summed E-state index contributed by atoms with van der Waals surface area (Å²) in [5, 5.41) is 0. The number of nitrogens with zero attached hydrogens (tertiary/aromatic N) is 2. The van der Waals surface area contributed by atoms with Gasteiger partial charge < -0.3 is 0 Å². The molecular formula is C6H10N2. The molecule has 0 aromatic heterocycles. The summed E-state index contributed by atoms with van der Waals surface area (Å²) < 4.78 is 0. The van der Waals surface area contributed by atoms with E-state index in [-0.39, 0.29) is 0 Å². The summed E-state index contributed by atoms with van der Waals surface area (Å²) in [4.78, 5) is 7.16. The molecule has 0 heterocycles. The van der Waals surface area contributed by atoms with Crippen LogP contribution >= 0.6 is 0 Å². The normalized spacial score (nSPS) is 7.62. The van der Waals surface area contributed by atoms with Gasteiger partial charge in [0, 0.05) is 0 Å². The van der Waals surface area contributed by atoms with E-state index in [9.17, 15) is 0 Å². The smallest absolute Gasteiger partial charge is 0.146 e. The van der Waals surface area contributed by atoms with Crippen molar-refractivity contribution in [2.45, 2.75) is 13.3 Å². The van der Waals surface area contributed by atoms with Gasteiger partial charge in [-0.25, -0.2) is 9.98 Å². The number of rotatable bonds is 3. The van der Waals surface area contributed by atoms with Gasteiger partial charge in [0.2, 0.25) is 0 Å². The van der Waals surface area contributed by atoms with E-state index in [4.69, 9.17) is 0 Å². The average molecular weight is 110 g/mol. The van der Waals surface area contributed by atoms with Gasteiger partial charge in [-0.3, -0.25) is 0 Å². The fourth-order valence-electron chi connectivity index (χ4n) is 0.362. The predicted molar refractivity (Wildman–Crippen MR) is 37.5 cm³/mol. The Balaban J connectivity index is 3.85. The van der Waals surface area contributed by atoms with Crippen LogP contribution in [0.15, 0.2) is 21.9 Å². The molecular weight excluding hydrogens is 100 g/mol. The molecule has 0 aromatic rings. The van der Waals surface area contributed by atoms with Crippen molar-refractivity contribution in [3.63, 3.8) is 0 Å². The fraction of sp³-hybridized carbons (Fsp3) is 0.333. The second kappa shape index (κ2) is 4.24. The molecule has 0 unspecified atom stereocenters. The molecule has 0 N–H and O–H groups in total. The molecule has 0 aromatic carbocycles. The monoisotopic (exact) mass is 110 g/mol. The van der Waals surface area contributed by atoms with Gasteiger partial charge in [0.25, 0.3) is 0 Å². The van der Waals surface area contributed by atoms with Crippen molar-refractivity contribution in [2.24, 2.45) is 9.98 Å². The Morgan fingerprint density at radius 2 is 2.00 bits per heavy atom. The minimum Gasteiger partial charge on any atom is -0.245 e. The molecule has 0 radical (unpaired) electrons. The highest BCUT2D eigenvalue weighted by Gasteiger charge is 1.78. The molecule has 8 heavy (non-hydrogen) atoms. The number of allylic oxidation sites excluding steroid dienone is 1. The lowest BCUT2D eigenvalue weighted by molar-refractivity contribution is 1.14. The summed E-state index contributed by atoms with van der Waals surface area (Å²) in [5.41, 5.74) is 0. The SMILES string of the molecule is C=NC(=CCC)N=C. The molecule has 0 spiro atoms. The Kier molecular flexibility index (Phi) is 3.76. The third kappa shape index (κ3) is 2.29. The van der Waals surface area contributed by atoms with Crippen LogP contribution in [0.25, 0.3) is 0 Å². The first-order chi connectivity index (χ1) is 3.85. The fourth-order valence-corrected chi connectivity index (χ4v) is 0.362. The van der Waals surface area contributed by atoms with Crippen molar-refractivity contribution in [2.75, 3.05) is 0 Å². The molecule has 0 saturated heterocycles. The molecule has 0 bridgehead atoms. The van der Waals surface area contributed by atoms with E-state index in [1.165, 1.54) is 0 Å². The van der Waals surface area contributed by atoms with Gasteiger partial charge in [-0.05, 0) is 25.9 Å². The lowest BCUT2D eigenvalue weighted by atomic mass is 10.4. The topological polar surface area (TPSA) is 24.7 Å². The summed E-state index contributed by atoms with van der Waals surface area (Å²) >= 11 is 0. The summed E-state index contributed by atoms with van der Waals surface area (Å²) in [6, 6.07) is 0. The Morgan fingerprint density at radius 3 is 2.12 bits per heavy atom. The van der Waals surface area contributed by atoms with Crippen molar-refractivity contribution in [1.82, 2.24) is 0 Å². The van der Waals surface area contributed by atoms with Crippen molar-refractivity contribution in [1.29, 1.82) is 0 Å². The Bertz CT molecular complexity index is 104. The van der Waals surface area contributed by atoms with Crippen molar-refractivity contribution in [3.05, 3.63) is 11.9 Å². The first-order valence-electron chi connectivity index (χ1n) is 2.48. The van der Waals surface area contributed by atoms with Gasteiger partial charge in [-0.1, -0.05) is 6.92 Å². The Labute approximate surface area is 49.7 Å². The van der Waals surface area contributed by atoms with Crippen LogP contribution in [0, 0.1) is 0 Å². The summed E-state index contributed by atoms with van der Waals surface area (Å²) in [6.07, 6.45) is 2.79. The highest BCUT2D eigenvalue weighted by Crippen LogP contribution is 1.95. The van der Waals surface area contributed by atoms with Gasteiger partial charge in [0.05, 0.1) is 0 Å². The molecule has 0 rings (SSSR count). The number of hydrogen-bond acceptors (Lipinski definition) is 2. The van der Waals surface area contributed by atoms with Crippen LogP contribution in [0.4, 0.5) is 0 Å². The molecule has 0 aliphatic rings. The maximum atomic E-state index is 3.58. The maximum Gasteiger partial charge on any atom is 0.146 e. The molecule has 0 amide bonds. The van der Waals surface area contributed by atoms with Gasteiger partial charge in [0.15, 0.2) is 0 Å². The lowest BCUT2D eigenvalue weighted by Crippen LogP contribution is -1.67. The average Bonchev–Trinajstić information content (AvgIpc) is 1.83. The first kappa shape index (κ1) is 7.08. The summed E-state index contributed by atoms with van der Waals surface area (Å²) in [7, 11) is 0. The van der Waals surface area contributed by atoms with Gasteiger partial charge in [0.1, 0.15) is 5.82 Å². The molecule has 0 aliphatic carbocycles. The predicted octanol–water partition coefficient (Wildman–Crippen LogP) is 1.64. The van der Waals surface area contributed by atoms with E-state index in [2.05, 4.69) is 23.4 Å². The van der Waals surface area contributed by atoms with E-state index in [1.807, 2.05) is 13.0 Å². The molecule has 2 heteroatoms. The first-order valence-corrected chi connectivity index (χ1v) is 2.48. The highest BCUT2D eigenvalue weighted by molar-refractivity contribution is 5.34. The quantitative estimate of drug-likeness (QED) is 0.493. The van der Waals surface area contributed by atoms with E-state index >= 15 is 0 Å².